The Labute approximate surface area is 137 Å². The number of hydrogen-bond donors (Lipinski definition) is 1. The molecule has 4 nitrogen and oxygen atoms in total. The van der Waals surface area contributed by atoms with Crippen LogP contribution in [0.3, 0.4) is 0 Å². The lowest BCUT2D eigenvalue weighted by atomic mass is 10.2. The first-order chi connectivity index (χ1) is 9.47. The van der Waals surface area contributed by atoms with Crippen molar-refractivity contribution in [1.29, 1.82) is 0 Å². The Bertz CT molecular complexity index is 665. The molecule has 2 aromatic carbocycles. The molecule has 2 aromatic rings. The highest BCUT2D eigenvalue weighted by atomic mass is 79.9. The highest BCUT2D eigenvalue weighted by molar-refractivity contribution is 9.10. The van der Waals surface area contributed by atoms with Crippen molar-refractivity contribution in [3.8, 4) is 0 Å². The second kappa shape index (κ2) is 6.56. The Morgan fingerprint density at radius 2 is 1.95 bits per heavy atom. The third-order valence-corrected chi connectivity index (χ3v) is 4.35. The lowest BCUT2D eigenvalue weighted by Gasteiger charge is -2.08. The molecule has 0 aliphatic rings. The smallest absolute Gasteiger partial charge is 0.274 e. The Balaban J connectivity index is 2.20. The van der Waals surface area contributed by atoms with Gasteiger partial charge in [0.15, 0.2) is 0 Å². The summed E-state index contributed by atoms with van der Waals surface area (Å²) in [4.78, 5) is 10.6. The molecule has 7 heteroatoms. The summed E-state index contributed by atoms with van der Waals surface area (Å²) < 4.78 is 1.57. The number of nitrogens with one attached hydrogen (secondary N) is 1. The molecule has 1 N–H and O–H groups in total. The minimum atomic E-state index is -0.388. The van der Waals surface area contributed by atoms with Crippen LogP contribution in [0.15, 0.2) is 45.3 Å². The highest BCUT2D eigenvalue weighted by Crippen LogP contribution is 2.27. The summed E-state index contributed by atoms with van der Waals surface area (Å²) in [6.45, 7) is 0.351. The van der Waals surface area contributed by atoms with Crippen molar-refractivity contribution in [2.45, 2.75) is 6.54 Å². The summed E-state index contributed by atoms with van der Waals surface area (Å²) in [5, 5.41) is 14.7. The van der Waals surface area contributed by atoms with E-state index in [0.717, 1.165) is 14.6 Å². The maximum atomic E-state index is 11.0. The monoisotopic (exact) mass is 418 g/mol. The molecule has 0 atom stereocenters. The molecule has 0 aromatic heterocycles. The Morgan fingerprint density at radius 3 is 2.60 bits per heavy atom. The average molecular weight is 420 g/mol. The van der Waals surface area contributed by atoms with E-state index in [1.165, 1.54) is 6.07 Å². The van der Waals surface area contributed by atoms with Crippen LogP contribution in [0.4, 0.5) is 11.4 Å². The van der Waals surface area contributed by atoms with Crippen LogP contribution in [-0.4, -0.2) is 4.92 Å². The molecule has 20 heavy (non-hydrogen) atoms. The topological polar surface area (TPSA) is 55.2 Å². The molecule has 0 aliphatic carbocycles. The molecule has 0 spiro atoms. The van der Waals surface area contributed by atoms with Crippen LogP contribution in [0.2, 0.25) is 5.02 Å². The first kappa shape index (κ1) is 15.3. The van der Waals surface area contributed by atoms with Gasteiger partial charge in [-0.2, -0.15) is 0 Å². The second-order valence-corrected chi connectivity index (χ2v) is 6.19. The van der Waals surface area contributed by atoms with Gasteiger partial charge < -0.3 is 5.32 Å². The van der Waals surface area contributed by atoms with Gasteiger partial charge in [0.25, 0.3) is 5.69 Å². The van der Waals surface area contributed by atoms with E-state index in [4.69, 9.17) is 11.6 Å². The van der Waals surface area contributed by atoms with E-state index in [1.54, 1.807) is 18.2 Å². The van der Waals surface area contributed by atoms with Crippen molar-refractivity contribution in [3.63, 3.8) is 0 Å². The van der Waals surface area contributed by atoms with Crippen molar-refractivity contribution < 1.29 is 4.92 Å². The number of nitro groups is 1. The summed E-state index contributed by atoms with van der Waals surface area (Å²) in [5.41, 5.74) is 1.53. The fourth-order valence-corrected chi connectivity index (χ4v) is 2.58. The van der Waals surface area contributed by atoms with Crippen molar-refractivity contribution in [2.24, 2.45) is 0 Å². The summed E-state index contributed by atoms with van der Waals surface area (Å²) in [6, 6.07) is 10.3. The fraction of sp³-hybridized carbons (Fsp3) is 0.0769. The molecule has 0 radical (unpaired) electrons. The molecule has 104 valence electrons. The van der Waals surface area contributed by atoms with E-state index in [2.05, 4.69) is 37.2 Å². The number of nitro benzene ring substituents is 1. The Hall–Kier alpha value is -1.11. The number of rotatable bonds is 4. The molecule has 0 saturated carbocycles. The number of hydrogen-bond acceptors (Lipinski definition) is 3. The van der Waals surface area contributed by atoms with E-state index in [-0.39, 0.29) is 10.6 Å². The number of nitrogens with zero attached hydrogens (tertiary/aromatic N) is 1. The van der Waals surface area contributed by atoms with Crippen LogP contribution < -0.4 is 5.32 Å². The van der Waals surface area contributed by atoms with Crippen molar-refractivity contribution >= 4 is 54.8 Å². The van der Waals surface area contributed by atoms with Gasteiger partial charge in [-0.3, -0.25) is 10.1 Å². The Morgan fingerprint density at radius 1 is 1.20 bits per heavy atom. The Kier molecular flexibility index (Phi) is 5.01. The second-order valence-electron chi connectivity index (χ2n) is 4.01. The molecule has 0 heterocycles. The van der Waals surface area contributed by atoms with Gasteiger partial charge in [-0.1, -0.05) is 27.5 Å². The predicted molar refractivity (Wildman–Crippen MR) is 87.3 cm³/mol. The van der Waals surface area contributed by atoms with Crippen LogP contribution in [0, 0.1) is 10.1 Å². The van der Waals surface area contributed by atoms with Gasteiger partial charge in [-0.25, -0.2) is 0 Å². The minimum Gasteiger partial charge on any atom is -0.381 e. The van der Waals surface area contributed by atoms with Crippen LogP contribution in [0.1, 0.15) is 5.56 Å². The molecule has 0 aliphatic heterocycles. The summed E-state index contributed by atoms with van der Waals surface area (Å²) in [6.07, 6.45) is 0. The summed E-state index contributed by atoms with van der Waals surface area (Å²) in [7, 11) is 0. The first-order valence-electron chi connectivity index (χ1n) is 5.59. The van der Waals surface area contributed by atoms with Crippen molar-refractivity contribution in [3.05, 3.63) is 66.0 Å². The standard InChI is InChI=1S/C13H9Br2ClN2O2/c14-9-1-4-13(18(19)20)8(5-9)7-17-10-2-3-12(16)11(15)6-10/h1-6,17H,7H2. The van der Waals surface area contributed by atoms with E-state index >= 15 is 0 Å². The molecular weight excluding hydrogens is 411 g/mol. The fourth-order valence-electron chi connectivity index (χ4n) is 1.68. The van der Waals surface area contributed by atoms with E-state index in [1.807, 2.05) is 12.1 Å². The normalized spacial score (nSPS) is 10.3. The van der Waals surface area contributed by atoms with Gasteiger partial charge in [-0.05, 0) is 46.3 Å². The van der Waals surface area contributed by atoms with Gasteiger partial charge in [0.2, 0.25) is 0 Å². The number of halogens is 3. The van der Waals surface area contributed by atoms with Crippen LogP contribution >= 0.6 is 43.5 Å². The van der Waals surface area contributed by atoms with E-state index < -0.39 is 0 Å². The van der Waals surface area contributed by atoms with Gasteiger partial charge in [0, 0.05) is 32.8 Å². The van der Waals surface area contributed by atoms with Gasteiger partial charge in [-0.15, -0.1) is 0 Å². The zero-order chi connectivity index (χ0) is 14.7. The number of anilines is 1. The highest BCUT2D eigenvalue weighted by Gasteiger charge is 2.13. The van der Waals surface area contributed by atoms with Crippen LogP contribution in [-0.2, 0) is 6.54 Å². The van der Waals surface area contributed by atoms with Gasteiger partial charge in [0.05, 0.1) is 9.95 Å². The summed E-state index contributed by atoms with van der Waals surface area (Å²) in [5.74, 6) is 0. The van der Waals surface area contributed by atoms with Gasteiger partial charge >= 0.3 is 0 Å². The van der Waals surface area contributed by atoms with E-state index in [0.29, 0.717) is 17.1 Å². The molecule has 0 saturated heterocycles. The minimum absolute atomic E-state index is 0.0914. The molecule has 0 bridgehead atoms. The van der Waals surface area contributed by atoms with Crippen LogP contribution in [0.5, 0.6) is 0 Å². The maximum absolute atomic E-state index is 11.0. The lowest BCUT2D eigenvalue weighted by Crippen LogP contribution is -2.03. The lowest BCUT2D eigenvalue weighted by molar-refractivity contribution is -0.385. The summed E-state index contributed by atoms with van der Waals surface area (Å²) >= 11 is 12.6. The third-order valence-electron chi connectivity index (χ3n) is 2.64. The average Bonchev–Trinajstić information content (AvgIpc) is 2.40. The zero-order valence-electron chi connectivity index (χ0n) is 10.1. The molecule has 0 fully saturated rings. The molecule has 2 rings (SSSR count). The van der Waals surface area contributed by atoms with Gasteiger partial charge in [0.1, 0.15) is 0 Å². The van der Waals surface area contributed by atoms with Crippen molar-refractivity contribution in [2.75, 3.05) is 5.32 Å². The zero-order valence-corrected chi connectivity index (χ0v) is 14.0. The third kappa shape index (κ3) is 3.71. The maximum Gasteiger partial charge on any atom is 0.274 e. The quantitative estimate of drug-likeness (QED) is 0.533. The number of benzene rings is 2. The molecule has 0 amide bonds. The largest absolute Gasteiger partial charge is 0.381 e. The first-order valence-corrected chi connectivity index (χ1v) is 7.55. The molecule has 0 unspecified atom stereocenters. The van der Waals surface area contributed by atoms with E-state index in [9.17, 15) is 10.1 Å². The predicted octanol–water partition coefficient (Wildman–Crippen LogP) is 5.39. The SMILES string of the molecule is O=[N+]([O-])c1ccc(Br)cc1CNc1ccc(Cl)c(Br)c1. The van der Waals surface area contributed by atoms with Crippen LogP contribution in [0.25, 0.3) is 0 Å². The molecular formula is C13H9Br2ClN2O2. The van der Waals surface area contributed by atoms with Crippen molar-refractivity contribution in [1.82, 2.24) is 0 Å².